The number of thioether (sulfide) groups is 1. The second-order valence-electron chi connectivity index (χ2n) is 3.82. The van der Waals surface area contributed by atoms with Crippen LogP contribution in [0.15, 0.2) is 28.6 Å². The molecular weight excluding hydrogens is 292 g/mol. The van der Waals surface area contributed by atoms with Crippen molar-refractivity contribution in [2.75, 3.05) is 11.1 Å². The van der Waals surface area contributed by atoms with Gasteiger partial charge in [-0.1, -0.05) is 30.8 Å². The van der Waals surface area contributed by atoms with E-state index in [4.69, 9.17) is 5.26 Å². The average molecular weight is 304 g/mol. The molecule has 0 saturated carbocycles. The molecular formula is C13H12N4OS2. The number of rotatable bonds is 5. The molecule has 0 aliphatic heterocycles. The van der Waals surface area contributed by atoms with Crippen LogP contribution in [-0.2, 0) is 11.2 Å². The molecule has 0 unspecified atom stereocenters. The van der Waals surface area contributed by atoms with Gasteiger partial charge in [-0.3, -0.25) is 4.79 Å². The van der Waals surface area contributed by atoms with E-state index in [9.17, 15) is 4.79 Å². The maximum Gasteiger partial charge on any atom is 0.234 e. The summed E-state index contributed by atoms with van der Waals surface area (Å²) in [5.74, 6) is 0.886. The van der Waals surface area contributed by atoms with Crippen LogP contribution in [0.25, 0.3) is 0 Å². The number of carbonyl (C=O) groups is 1. The highest BCUT2D eigenvalue weighted by atomic mass is 32.2. The van der Waals surface area contributed by atoms with Crippen molar-refractivity contribution in [3.05, 3.63) is 35.7 Å². The zero-order valence-corrected chi connectivity index (χ0v) is 12.4. The fraction of sp³-hybridized carbons (Fsp3) is 0.231. The van der Waals surface area contributed by atoms with Crippen molar-refractivity contribution in [3.63, 3.8) is 0 Å². The highest BCUT2D eigenvalue weighted by molar-refractivity contribution is 8.01. The van der Waals surface area contributed by atoms with Gasteiger partial charge < -0.3 is 5.32 Å². The molecule has 0 radical (unpaired) electrons. The number of nitriles is 1. The Balaban J connectivity index is 1.91. The van der Waals surface area contributed by atoms with Crippen LogP contribution < -0.4 is 5.32 Å². The Morgan fingerprint density at radius 2 is 2.30 bits per heavy atom. The Bertz CT molecular complexity index is 648. The van der Waals surface area contributed by atoms with E-state index in [0.29, 0.717) is 11.3 Å². The third kappa shape index (κ3) is 3.79. The minimum Gasteiger partial charge on any atom is -0.324 e. The maximum atomic E-state index is 11.8. The quantitative estimate of drug-likeness (QED) is 0.859. The number of benzene rings is 1. The lowest BCUT2D eigenvalue weighted by Gasteiger charge is -2.05. The first-order chi connectivity index (χ1) is 9.72. The first kappa shape index (κ1) is 14.5. The topological polar surface area (TPSA) is 78.7 Å². The molecule has 5 nitrogen and oxygen atoms in total. The lowest BCUT2D eigenvalue weighted by molar-refractivity contribution is -0.113. The lowest BCUT2D eigenvalue weighted by atomic mass is 10.2. The van der Waals surface area contributed by atoms with Gasteiger partial charge in [0, 0.05) is 6.42 Å². The Hall–Kier alpha value is -1.91. The predicted octanol–water partition coefficient (Wildman–Crippen LogP) is 2.70. The van der Waals surface area contributed by atoms with Crippen molar-refractivity contribution < 1.29 is 4.79 Å². The summed E-state index contributed by atoms with van der Waals surface area (Å²) in [6.07, 6.45) is 0.790. The normalized spacial score (nSPS) is 10.0. The van der Waals surface area contributed by atoms with Crippen molar-refractivity contribution in [3.8, 4) is 6.07 Å². The molecule has 1 amide bonds. The van der Waals surface area contributed by atoms with Crippen LogP contribution in [0.3, 0.4) is 0 Å². The average Bonchev–Trinajstić information content (AvgIpc) is 2.94. The van der Waals surface area contributed by atoms with Crippen molar-refractivity contribution >= 4 is 34.9 Å². The van der Waals surface area contributed by atoms with Crippen molar-refractivity contribution in [1.82, 2.24) is 9.36 Å². The Morgan fingerprint density at radius 1 is 1.50 bits per heavy atom. The molecule has 0 atom stereocenters. The number of nitrogens with one attached hydrogen (secondary N) is 1. The Labute approximate surface area is 125 Å². The number of aromatic nitrogens is 2. The molecule has 0 aliphatic carbocycles. The molecule has 0 saturated heterocycles. The molecule has 1 N–H and O–H groups in total. The Morgan fingerprint density at radius 3 is 3.00 bits per heavy atom. The number of nitrogens with zero attached hydrogens (tertiary/aromatic N) is 3. The van der Waals surface area contributed by atoms with E-state index in [2.05, 4.69) is 14.7 Å². The van der Waals surface area contributed by atoms with Crippen LogP contribution in [0.1, 0.15) is 18.3 Å². The molecule has 0 bridgehead atoms. The summed E-state index contributed by atoms with van der Waals surface area (Å²) in [6.45, 7) is 1.99. The van der Waals surface area contributed by atoms with E-state index < -0.39 is 0 Å². The number of hydrogen-bond acceptors (Lipinski definition) is 6. The smallest absolute Gasteiger partial charge is 0.234 e. The molecule has 1 aromatic heterocycles. The monoisotopic (exact) mass is 304 g/mol. The molecule has 0 spiro atoms. The predicted molar refractivity (Wildman–Crippen MR) is 79.8 cm³/mol. The van der Waals surface area contributed by atoms with Crippen molar-refractivity contribution in [2.24, 2.45) is 0 Å². The lowest BCUT2D eigenvalue weighted by Crippen LogP contribution is -2.14. The molecule has 0 aliphatic rings. The number of para-hydroxylation sites is 1. The van der Waals surface area contributed by atoms with Crippen molar-refractivity contribution in [2.45, 2.75) is 17.7 Å². The molecule has 7 heteroatoms. The van der Waals surface area contributed by atoms with Gasteiger partial charge in [-0.25, -0.2) is 4.98 Å². The van der Waals surface area contributed by atoms with Crippen LogP contribution in [0, 0.1) is 11.3 Å². The van der Waals surface area contributed by atoms with Gasteiger partial charge in [0.1, 0.15) is 11.9 Å². The minimum atomic E-state index is -0.161. The van der Waals surface area contributed by atoms with Crippen LogP contribution >= 0.6 is 23.3 Å². The molecule has 1 heterocycles. The molecule has 0 fully saturated rings. The standard InChI is InChI=1S/C13H12N4OS2/c1-2-11-16-13(20-17-11)19-8-12(18)15-10-6-4-3-5-9(10)7-14/h3-6H,2,8H2,1H3,(H,15,18). The number of anilines is 1. The van der Waals surface area contributed by atoms with Gasteiger partial charge >= 0.3 is 0 Å². The SMILES string of the molecule is CCc1nsc(SCC(=O)Nc2ccccc2C#N)n1. The molecule has 102 valence electrons. The largest absolute Gasteiger partial charge is 0.324 e. The van der Waals surface area contributed by atoms with Gasteiger partial charge in [-0.05, 0) is 23.7 Å². The number of amides is 1. The van der Waals surface area contributed by atoms with Crippen LogP contribution in [0.5, 0.6) is 0 Å². The number of aryl methyl sites for hydroxylation is 1. The second-order valence-corrected chi connectivity index (χ2v) is 5.80. The number of carbonyl (C=O) groups excluding carboxylic acids is 1. The van der Waals surface area contributed by atoms with E-state index >= 15 is 0 Å². The maximum absolute atomic E-state index is 11.8. The highest BCUT2D eigenvalue weighted by Crippen LogP contribution is 2.21. The van der Waals surface area contributed by atoms with Crippen LogP contribution in [-0.4, -0.2) is 21.0 Å². The summed E-state index contributed by atoms with van der Waals surface area (Å²) in [5.41, 5.74) is 0.988. The first-order valence-electron chi connectivity index (χ1n) is 5.97. The third-order valence-corrected chi connectivity index (χ3v) is 4.29. The molecule has 20 heavy (non-hydrogen) atoms. The molecule has 2 rings (SSSR count). The first-order valence-corrected chi connectivity index (χ1v) is 7.73. The zero-order chi connectivity index (χ0) is 14.4. The summed E-state index contributed by atoms with van der Waals surface area (Å²) >= 11 is 2.65. The van der Waals surface area contributed by atoms with E-state index in [1.165, 1.54) is 23.3 Å². The van der Waals surface area contributed by atoms with Crippen molar-refractivity contribution in [1.29, 1.82) is 5.26 Å². The fourth-order valence-electron chi connectivity index (χ4n) is 1.44. The summed E-state index contributed by atoms with van der Waals surface area (Å²) in [4.78, 5) is 16.1. The van der Waals surface area contributed by atoms with Gasteiger partial charge in [-0.2, -0.15) is 9.64 Å². The van der Waals surface area contributed by atoms with E-state index in [1.54, 1.807) is 24.3 Å². The summed E-state index contributed by atoms with van der Waals surface area (Å²) in [7, 11) is 0. The van der Waals surface area contributed by atoms with Gasteiger partial charge in [0.2, 0.25) is 5.91 Å². The molecule has 2 aromatic rings. The van der Waals surface area contributed by atoms with E-state index in [1.807, 2.05) is 13.0 Å². The van der Waals surface area contributed by atoms with E-state index in [0.717, 1.165) is 16.6 Å². The van der Waals surface area contributed by atoms with Gasteiger partial charge in [-0.15, -0.1) is 0 Å². The summed E-state index contributed by atoms with van der Waals surface area (Å²) < 4.78 is 4.94. The van der Waals surface area contributed by atoms with Crippen LogP contribution in [0.4, 0.5) is 5.69 Å². The van der Waals surface area contributed by atoms with Crippen LogP contribution in [0.2, 0.25) is 0 Å². The third-order valence-electron chi connectivity index (χ3n) is 2.41. The number of hydrogen-bond donors (Lipinski definition) is 1. The highest BCUT2D eigenvalue weighted by Gasteiger charge is 2.09. The fourth-order valence-corrected chi connectivity index (χ4v) is 2.94. The minimum absolute atomic E-state index is 0.161. The van der Waals surface area contributed by atoms with Gasteiger partial charge in [0.15, 0.2) is 4.34 Å². The zero-order valence-electron chi connectivity index (χ0n) is 10.8. The van der Waals surface area contributed by atoms with E-state index in [-0.39, 0.29) is 11.7 Å². The summed E-state index contributed by atoms with van der Waals surface area (Å²) in [5, 5.41) is 11.7. The molecule has 1 aromatic carbocycles. The van der Waals surface area contributed by atoms with Gasteiger partial charge in [0.05, 0.1) is 17.0 Å². The summed E-state index contributed by atoms with van der Waals surface area (Å²) in [6, 6.07) is 8.96. The Kier molecular flexibility index (Phi) is 5.09. The second kappa shape index (κ2) is 7.03. The van der Waals surface area contributed by atoms with Gasteiger partial charge in [0.25, 0.3) is 0 Å².